The third-order valence-electron chi connectivity index (χ3n) is 10.7. The summed E-state index contributed by atoms with van der Waals surface area (Å²) < 4.78 is 4.80. The summed E-state index contributed by atoms with van der Waals surface area (Å²) >= 11 is 1.84. The molecule has 0 atom stereocenters. The van der Waals surface area contributed by atoms with Crippen molar-refractivity contribution in [3.63, 3.8) is 0 Å². The second-order valence-corrected chi connectivity index (χ2v) is 15.1. The maximum atomic E-state index is 5.18. The van der Waals surface area contributed by atoms with Crippen LogP contribution in [0.25, 0.3) is 81.8 Å². The molecule has 0 saturated heterocycles. The van der Waals surface area contributed by atoms with Crippen molar-refractivity contribution >= 4 is 70.4 Å². The predicted octanol–water partition coefficient (Wildman–Crippen LogP) is 13.8. The smallest absolute Gasteiger partial charge is 0.238 e. The fourth-order valence-corrected chi connectivity index (χ4v) is 9.11. The van der Waals surface area contributed by atoms with Gasteiger partial charge in [-0.15, -0.1) is 11.3 Å². The van der Waals surface area contributed by atoms with Gasteiger partial charge in [0.05, 0.1) is 11.0 Å². The fraction of sp³-hybridized carbons (Fsp3) is 0. The van der Waals surface area contributed by atoms with Crippen LogP contribution in [0.1, 0.15) is 0 Å². The molecular formula is C51H33N5S. The van der Waals surface area contributed by atoms with E-state index in [0.717, 1.165) is 61.1 Å². The number of rotatable bonds is 7. The Morgan fingerprint density at radius 3 is 1.67 bits per heavy atom. The van der Waals surface area contributed by atoms with Gasteiger partial charge in [-0.1, -0.05) is 146 Å². The number of hydrogen-bond acceptors (Lipinski definition) is 5. The van der Waals surface area contributed by atoms with Crippen molar-refractivity contribution in [2.75, 3.05) is 4.90 Å². The lowest BCUT2D eigenvalue weighted by Gasteiger charge is -2.26. The van der Waals surface area contributed by atoms with E-state index in [1.54, 1.807) is 0 Å². The molecule has 57 heavy (non-hydrogen) atoms. The van der Waals surface area contributed by atoms with E-state index < -0.39 is 0 Å². The standard InChI is InChI=1S/C51H33N5S/c1-4-15-35(16-5-1)49-52-50(36-17-6-2-7-18-36)54-51(53-49)56-45-25-12-10-21-41(45)43-24-14-23-40(48(43)56)34-27-29-38(30-28-34)55(37-19-8-3-9-20-37)39-31-32-47-44(33-39)42-22-11-13-26-46(42)57-47/h1-33H. The molecule has 11 aromatic rings. The first kappa shape index (κ1) is 33.0. The van der Waals surface area contributed by atoms with Crippen LogP contribution < -0.4 is 4.90 Å². The summed E-state index contributed by atoms with van der Waals surface area (Å²) in [5.41, 5.74) is 9.44. The van der Waals surface area contributed by atoms with Crippen LogP contribution in [0.5, 0.6) is 0 Å². The normalized spacial score (nSPS) is 11.5. The minimum Gasteiger partial charge on any atom is -0.310 e. The Kier molecular flexibility index (Phi) is 7.93. The van der Waals surface area contributed by atoms with Crippen molar-refractivity contribution in [1.82, 2.24) is 19.5 Å². The molecule has 0 aliphatic carbocycles. The van der Waals surface area contributed by atoms with Crippen LogP contribution in [-0.4, -0.2) is 19.5 Å². The molecule has 0 spiro atoms. The Bertz CT molecular complexity index is 3170. The van der Waals surface area contributed by atoms with Crippen molar-refractivity contribution in [1.29, 1.82) is 0 Å². The number of aromatic nitrogens is 4. The van der Waals surface area contributed by atoms with E-state index in [2.05, 4.69) is 149 Å². The van der Waals surface area contributed by atoms with Crippen LogP contribution in [0.3, 0.4) is 0 Å². The Balaban J connectivity index is 1.09. The summed E-state index contributed by atoms with van der Waals surface area (Å²) in [4.78, 5) is 17.7. The van der Waals surface area contributed by atoms with Gasteiger partial charge >= 0.3 is 0 Å². The maximum absolute atomic E-state index is 5.18. The summed E-state index contributed by atoms with van der Waals surface area (Å²) in [6.45, 7) is 0. The molecule has 11 rings (SSSR count). The second-order valence-electron chi connectivity index (χ2n) is 14.1. The lowest BCUT2D eigenvalue weighted by Crippen LogP contribution is -2.09. The Labute approximate surface area is 333 Å². The minimum atomic E-state index is 0.574. The molecule has 6 heteroatoms. The van der Waals surface area contributed by atoms with Crippen LogP contribution in [0.4, 0.5) is 17.1 Å². The van der Waals surface area contributed by atoms with E-state index >= 15 is 0 Å². The van der Waals surface area contributed by atoms with Crippen LogP contribution in [0.15, 0.2) is 200 Å². The highest BCUT2D eigenvalue weighted by Gasteiger charge is 2.21. The average molecular weight is 748 g/mol. The summed E-state index contributed by atoms with van der Waals surface area (Å²) in [6.07, 6.45) is 0. The van der Waals surface area contributed by atoms with Crippen molar-refractivity contribution < 1.29 is 0 Å². The first-order chi connectivity index (χ1) is 28.3. The number of nitrogens with zero attached hydrogens (tertiary/aromatic N) is 5. The quantitative estimate of drug-likeness (QED) is 0.163. The van der Waals surface area contributed by atoms with Crippen molar-refractivity contribution in [3.05, 3.63) is 200 Å². The molecule has 0 aliphatic heterocycles. The first-order valence-corrected chi connectivity index (χ1v) is 19.8. The molecule has 0 saturated carbocycles. The van der Waals surface area contributed by atoms with Crippen LogP contribution in [-0.2, 0) is 0 Å². The van der Waals surface area contributed by atoms with E-state index in [0.29, 0.717) is 17.6 Å². The first-order valence-electron chi connectivity index (χ1n) is 19.0. The highest BCUT2D eigenvalue weighted by molar-refractivity contribution is 7.25. The average Bonchev–Trinajstić information content (AvgIpc) is 3.83. The molecule has 268 valence electrons. The van der Waals surface area contributed by atoms with Crippen LogP contribution >= 0.6 is 11.3 Å². The lowest BCUT2D eigenvalue weighted by atomic mass is 10.0. The molecule has 0 N–H and O–H groups in total. The molecular weight excluding hydrogens is 715 g/mol. The lowest BCUT2D eigenvalue weighted by molar-refractivity contribution is 0.954. The highest BCUT2D eigenvalue weighted by atomic mass is 32.1. The maximum Gasteiger partial charge on any atom is 0.238 e. The second kappa shape index (κ2) is 13.7. The van der Waals surface area contributed by atoms with Crippen molar-refractivity contribution in [3.8, 4) is 39.9 Å². The van der Waals surface area contributed by atoms with Gasteiger partial charge < -0.3 is 4.90 Å². The Morgan fingerprint density at radius 1 is 0.386 bits per heavy atom. The van der Waals surface area contributed by atoms with Crippen molar-refractivity contribution in [2.45, 2.75) is 0 Å². The number of hydrogen-bond donors (Lipinski definition) is 0. The van der Waals surface area contributed by atoms with Gasteiger partial charge in [0.15, 0.2) is 11.6 Å². The third-order valence-corrected chi connectivity index (χ3v) is 11.8. The molecule has 0 fully saturated rings. The fourth-order valence-electron chi connectivity index (χ4n) is 8.02. The molecule has 0 unspecified atom stereocenters. The largest absolute Gasteiger partial charge is 0.310 e. The van der Waals surface area contributed by atoms with E-state index in [9.17, 15) is 0 Å². The number of fused-ring (bicyclic) bond motifs is 6. The number of para-hydroxylation sites is 3. The van der Waals surface area contributed by atoms with Gasteiger partial charge in [0.1, 0.15) is 0 Å². The number of benzene rings is 8. The van der Waals surface area contributed by atoms with E-state index in [1.165, 1.54) is 20.2 Å². The molecule has 0 aliphatic rings. The van der Waals surface area contributed by atoms with Gasteiger partial charge in [-0.3, -0.25) is 4.57 Å². The van der Waals surface area contributed by atoms with Gasteiger partial charge in [-0.05, 0) is 60.2 Å². The predicted molar refractivity (Wildman–Crippen MR) is 238 cm³/mol. The summed E-state index contributed by atoms with van der Waals surface area (Å²) in [5, 5.41) is 4.84. The monoisotopic (exact) mass is 747 g/mol. The molecule has 8 aromatic carbocycles. The van der Waals surface area contributed by atoms with Crippen LogP contribution in [0, 0.1) is 0 Å². The van der Waals surface area contributed by atoms with E-state index in [4.69, 9.17) is 15.0 Å². The molecule has 0 amide bonds. The van der Waals surface area contributed by atoms with Crippen molar-refractivity contribution in [2.24, 2.45) is 0 Å². The summed E-state index contributed by atoms with van der Waals surface area (Å²) in [5.74, 6) is 1.83. The summed E-state index contributed by atoms with van der Waals surface area (Å²) in [7, 11) is 0. The zero-order chi connectivity index (χ0) is 37.7. The Morgan fingerprint density at radius 2 is 0.947 bits per heavy atom. The van der Waals surface area contributed by atoms with Gasteiger partial charge in [0.2, 0.25) is 5.95 Å². The zero-order valence-corrected chi connectivity index (χ0v) is 31.5. The SMILES string of the molecule is c1ccc(-c2nc(-c3ccccc3)nc(-n3c4ccccc4c4cccc(-c5ccc(N(c6ccccc6)c6ccc7sc8ccccc8c7c6)cc5)c43)n2)cc1. The zero-order valence-electron chi connectivity index (χ0n) is 30.7. The van der Waals surface area contributed by atoms with Gasteiger partial charge in [0, 0.05) is 64.7 Å². The minimum absolute atomic E-state index is 0.574. The summed E-state index contributed by atoms with van der Waals surface area (Å²) in [6, 6.07) is 70.4. The molecule has 0 radical (unpaired) electrons. The van der Waals surface area contributed by atoms with Gasteiger partial charge in [-0.25, -0.2) is 4.98 Å². The third kappa shape index (κ3) is 5.74. The molecule has 0 bridgehead atoms. The topological polar surface area (TPSA) is 46.8 Å². The van der Waals surface area contributed by atoms with E-state index in [-0.39, 0.29) is 0 Å². The van der Waals surface area contributed by atoms with Gasteiger partial charge in [-0.2, -0.15) is 9.97 Å². The Hall–Kier alpha value is -7.41. The molecule has 5 nitrogen and oxygen atoms in total. The molecule has 3 heterocycles. The van der Waals surface area contributed by atoms with Gasteiger partial charge in [0.25, 0.3) is 0 Å². The molecule has 3 aromatic heterocycles. The van der Waals surface area contributed by atoms with E-state index in [1.807, 2.05) is 72.0 Å². The number of thiophene rings is 1. The number of anilines is 3. The highest BCUT2D eigenvalue weighted by Crippen LogP contribution is 2.42. The van der Waals surface area contributed by atoms with Crippen LogP contribution in [0.2, 0.25) is 0 Å².